The first-order chi connectivity index (χ1) is 12.2. The van der Waals surface area contributed by atoms with Gasteiger partial charge in [0.2, 0.25) is 0 Å². The molecule has 0 fully saturated rings. The average molecular weight is 560 g/mol. The van der Waals surface area contributed by atoms with Gasteiger partial charge in [0.15, 0.2) is 0 Å². The zero-order chi connectivity index (χ0) is 19.4. The topological polar surface area (TPSA) is 0 Å². The molecule has 0 heterocycles. The van der Waals surface area contributed by atoms with Gasteiger partial charge < -0.3 is 0 Å². The molecule has 138 valence electrons. The summed E-state index contributed by atoms with van der Waals surface area (Å²) in [5, 5.41) is 0. The Morgan fingerprint density at radius 3 is 0.885 bits per heavy atom. The first-order valence-electron chi connectivity index (χ1n) is 10.0. The summed E-state index contributed by atoms with van der Waals surface area (Å²) in [5.41, 5.74) is 6.60. The molecule has 0 aliphatic carbocycles. The zero-order valence-electron chi connectivity index (χ0n) is 17.8. The third-order valence-corrected chi connectivity index (χ3v) is 22.1. The van der Waals surface area contributed by atoms with Crippen LogP contribution < -0.4 is 7.16 Å². The van der Waals surface area contributed by atoms with E-state index in [-0.39, 0.29) is 0 Å². The first-order valence-corrected chi connectivity index (χ1v) is 23.9. The van der Waals surface area contributed by atoms with Crippen molar-refractivity contribution in [1.82, 2.24) is 0 Å². The predicted octanol–water partition coefficient (Wildman–Crippen LogP) is 5.45. The van der Waals surface area contributed by atoms with Gasteiger partial charge in [-0.2, -0.15) is 0 Å². The van der Waals surface area contributed by atoms with Crippen LogP contribution in [0.25, 0.3) is 0 Å². The summed E-state index contributed by atoms with van der Waals surface area (Å²) < 4.78 is 3.67. The van der Waals surface area contributed by atoms with Gasteiger partial charge in [-0.25, -0.2) is 0 Å². The van der Waals surface area contributed by atoms with Crippen molar-refractivity contribution < 1.29 is 0 Å². The van der Waals surface area contributed by atoms with E-state index in [9.17, 15) is 0 Å². The quantitative estimate of drug-likeness (QED) is 0.437. The molecule has 2 aromatic rings. The molecule has 2 aromatic carbocycles. The summed E-state index contributed by atoms with van der Waals surface area (Å²) in [6.45, 7) is 19.0. The Kier molecular flexibility index (Phi) is 8.59. The molecule has 0 aromatic heterocycles. The van der Waals surface area contributed by atoms with E-state index in [4.69, 9.17) is 0 Å². The molecular formula is C24H34Sn2. The van der Waals surface area contributed by atoms with E-state index in [2.05, 4.69) is 91.8 Å². The molecule has 0 saturated carbocycles. The fourth-order valence-electron chi connectivity index (χ4n) is 3.52. The van der Waals surface area contributed by atoms with Gasteiger partial charge in [-0.3, -0.25) is 0 Å². The van der Waals surface area contributed by atoms with E-state index in [1.807, 2.05) is 7.16 Å². The summed E-state index contributed by atoms with van der Waals surface area (Å²) in [7, 11) is 0. The molecule has 0 N–H and O–H groups in total. The second-order valence-corrected chi connectivity index (χ2v) is 22.3. The monoisotopic (exact) mass is 562 g/mol. The molecule has 0 atom stereocenters. The minimum atomic E-state index is -0.527. The fraction of sp³-hybridized carbons (Fsp3) is 0.500. The van der Waals surface area contributed by atoms with Crippen LogP contribution in [0.2, 0.25) is 0 Å². The Labute approximate surface area is 176 Å². The van der Waals surface area contributed by atoms with Crippen LogP contribution in [-0.2, 0) is 0 Å². The van der Waals surface area contributed by atoms with Gasteiger partial charge >= 0.3 is 177 Å². The van der Waals surface area contributed by atoms with E-state index in [1.165, 1.54) is 0 Å². The predicted molar refractivity (Wildman–Crippen MR) is 120 cm³/mol. The molecule has 0 amide bonds. The summed E-state index contributed by atoms with van der Waals surface area (Å²) >= 11 is -1.05. The maximum atomic E-state index is 2.41. The Morgan fingerprint density at radius 1 is 0.462 bits per heavy atom. The van der Waals surface area contributed by atoms with Crippen molar-refractivity contribution >= 4 is 39.7 Å². The molecule has 26 heavy (non-hydrogen) atoms. The molecule has 0 unspecified atom stereocenters. The van der Waals surface area contributed by atoms with Crippen molar-refractivity contribution in [3.8, 4) is 0 Å². The van der Waals surface area contributed by atoms with Crippen molar-refractivity contribution in [3.63, 3.8) is 0 Å². The Hall–Kier alpha value is 0.0374. The number of hydrogen-bond acceptors (Lipinski definition) is 0. The number of benzene rings is 2. The second-order valence-electron chi connectivity index (χ2n) is 8.49. The SMILES string of the molecule is CC(C)c1cccc(C(C)C)[c]1[Sn]#[Sn][c]1c(C(C)C)cccc1C(C)C. The molecule has 2 heteroatoms. The molecule has 0 aliphatic heterocycles. The van der Waals surface area contributed by atoms with Crippen LogP contribution in [0, 0.1) is 0 Å². The van der Waals surface area contributed by atoms with Crippen LogP contribution in [0.3, 0.4) is 0 Å². The standard InChI is InChI=1S/2C12H17.2Sn/c2*1-9(2)11-6-5-7-12(8-11)10(3)4;;/h2*5-7,9-10H,1-4H3;;. The average Bonchev–Trinajstić information content (AvgIpc) is 2.58. The van der Waals surface area contributed by atoms with E-state index in [1.54, 1.807) is 22.3 Å². The van der Waals surface area contributed by atoms with Crippen molar-refractivity contribution in [2.24, 2.45) is 0 Å². The van der Waals surface area contributed by atoms with Crippen molar-refractivity contribution in [2.75, 3.05) is 0 Å². The Balaban J connectivity index is 2.71. The van der Waals surface area contributed by atoms with Crippen LogP contribution in [0.1, 0.15) is 101 Å². The number of rotatable bonds is 4. The molecule has 0 nitrogen and oxygen atoms in total. The van der Waals surface area contributed by atoms with Crippen LogP contribution in [-0.4, -0.2) is 32.5 Å². The number of hydrogen-bond donors (Lipinski definition) is 0. The third-order valence-electron chi connectivity index (χ3n) is 5.06. The van der Waals surface area contributed by atoms with E-state index < -0.39 is 32.5 Å². The van der Waals surface area contributed by atoms with Crippen LogP contribution in [0.4, 0.5) is 0 Å². The molecule has 0 bridgehead atoms. The van der Waals surface area contributed by atoms with Crippen molar-refractivity contribution in [3.05, 3.63) is 58.7 Å². The maximum absolute atomic E-state index is 2.41. The third kappa shape index (κ3) is 5.31. The van der Waals surface area contributed by atoms with Crippen molar-refractivity contribution in [2.45, 2.75) is 79.1 Å². The van der Waals surface area contributed by atoms with Crippen LogP contribution >= 0.6 is 0 Å². The molecule has 0 spiro atoms. The van der Waals surface area contributed by atoms with E-state index in [0.29, 0.717) is 23.7 Å². The van der Waals surface area contributed by atoms with Crippen molar-refractivity contribution in [1.29, 1.82) is 0 Å². The first kappa shape index (κ1) is 22.3. The zero-order valence-corrected chi connectivity index (χ0v) is 23.5. The molecular weight excluding hydrogens is 526 g/mol. The Bertz CT molecular complexity index is 698. The molecule has 0 radical (unpaired) electrons. The molecule has 2 rings (SSSR count). The van der Waals surface area contributed by atoms with Crippen LogP contribution in [0.15, 0.2) is 36.4 Å². The summed E-state index contributed by atoms with van der Waals surface area (Å²) in [6, 6.07) is 14.2. The van der Waals surface area contributed by atoms with Gasteiger partial charge in [0.1, 0.15) is 0 Å². The molecule has 0 saturated heterocycles. The van der Waals surface area contributed by atoms with Gasteiger partial charge in [-0.1, -0.05) is 0 Å². The van der Waals surface area contributed by atoms with Crippen LogP contribution in [0.5, 0.6) is 0 Å². The van der Waals surface area contributed by atoms with Gasteiger partial charge in [-0.05, 0) is 0 Å². The van der Waals surface area contributed by atoms with Gasteiger partial charge in [0.25, 0.3) is 0 Å². The van der Waals surface area contributed by atoms with E-state index >= 15 is 0 Å². The van der Waals surface area contributed by atoms with Gasteiger partial charge in [0, 0.05) is 0 Å². The minimum absolute atomic E-state index is 0.527. The molecule has 0 aliphatic rings. The second kappa shape index (κ2) is 10.00. The summed E-state index contributed by atoms with van der Waals surface area (Å²) in [6.07, 6.45) is 0. The van der Waals surface area contributed by atoms with E-state index in [0.717, 1.165) is 0 Å². The summed E-state index contributed by atoms with van der Waals surface area (Å²) in [5.74, 6) is 2.59. The summed E-state index contributed by atoms with van der Waals surface area (Å²) in [4.78, 5) is 0. The van der Waals surface area contributed by atoms with Gasteiger partial charge in [0.05, 0.1) is 0 Å². The van der Waals surface area contributed by atoms with Gasteiger partial charge in [-0.15, -0.1) is 0 Å². The Morgan fingerprint density at radius 2 is 0.692 bits per heavy atom. The normalized spacial score (nSPS) is 11.4. The fourth-order valence-corrected chi connectivity index (χ4v) is 26.0.